The van der Waals surface area contributed by atoms with E-state index in [4.69, 9.17) is 0 Å². The van der Waals surface area contributed by atoms with Crippen molar-refractivity contribution in [3.63, 3.8) is 0 Å². The van der Waals surface area contributed by atoms with Crippen molar-refractivity contribution in [2.75, 3.05) is 0 Å². The Bertz CT molecular complexity index is 1640. The van der Waals surface area contributed by atoms with E-state index < -0.39 is 0 Å². The molecule has 3 nitrogen and oxygen atoms in total. The van der Waals surface area contributed by atoms with Crippen LogP contribution in [0.5, 0.6) is 0 Å². The van der Waals surface area contributed by atoms with Gasteiger partial charge in [0.25, 0.3) is 6.04 Å². The maximum Gasteiger partial charge on any atom is 0.250 e. The minimum atomic E-state index is 0.161. The summed E-state index contributed by atoms with van der Waals surface area (Å²) < 4.78 is 6.32. The fraction of sp³-hybridized carbons (Fsp3) is 0.129. The van der Waals surface area contributed by atoms with Gasteiger partial charge in [0.05, 0.1) is 11.1 Å². The zero-order chi connectivity index (χ0) is 23.7. The standard InChI is InChI=1S/C31H24IN3/c1-19-16-29-24-17-27(32)20(2)15-25(24)31-30(35(29)18-26(19)21-10-12-33-13-11-21)23-8-4-3-7-22(23)28-9-5-6-14-34(28)31/h3-18,30-31H,1-2H3/q+2. The number of benzene rings is 2. The molecule has 0 saturated heterocycles. The Labute approximate surface area is 218 Å². The molecule has 0 saturated carbocycles. The SMILES string of the molecule is Cc1cc2c(cc1I)-c1cc(C)c(-c3ccncc3)c[n+]1C1c3ccccc3-c3cccc[n+]3C21. The number of rotatable bonds is 1. The summed E-state index contributed by atoms with van der Waals surface area (Å²) in [7, 11) is 0. The maximum absolute atomic E-state index is 4.25. The normalized spacial score (nSPS) is 17.0. The van der Waals surface area contributed by atoms with E-state index in [1.807, 2.05) is 12.4 Å². The molecule has 35 heavy (non-hydrogen) atoms. The van der Waals surface area contributed by atoms with E-state index in [1.54, 1.807) is 0 Å². The van der Waals surface area contributed by atoms with Gasteiger partial charge in [-0.15, -0.1) is 0 Å². The van der Waals surface area contributed by atoms with Crippen LogP contribution in [0.3, 0.4) is 0 Å². The van der Waals surface area contributed by atoms with E-state index >= 15 is 0 Å². The second-order valence-electron chi connectivity index (χ2n) is 9.56. The third kappa shape index (κ3) is 3.05. The summed E-state index contributed by atoms with van der Waals surface area (Å²) in [4.78, 5) is 4.25. The van der Waals surface area contributed by atoms with Crippen LogP contribution >= 0.6 is 22.6 Å². The molecule has 0 bridgehead atoms. The first-order chi connectivity index (χ1) is 17.1. The van der Waals surface area contributed by atoms with E-state index in [9.17, 15) is 0 Å². The Morgan fingerprint density at radius 3 is 2.31 bits per heavy atom. The minimum absolute atomic E-state index is 0.161. The van der Waals surface area contributed by atoms with Crippen LogP contribution in [0.25, 0.3) is 33.6 Å². The third-order valence-electron chi connectivity index (χ3n) is 7.59. The Morgan fingerprint density at radius 2 is 1.46 bits per heavy atom. The number of hydrogen-bond donors (Lipinski definition) is 0. The molecule has 0 radical (unpaired) electrons. The van der Waals surface area contributed by atoms with Crippen molar-refractivity contribution in [3.8, 4) is 33.6 Å². The van der Waals surface area contributed by atoms with E-state index in [2.05, 4.69) is 136 Å². The van der Waals surface area contributed by atoms with Crippen molar-refractivity contribution in [1.29, 1.82) is 0 Å². The molecule has 0 aliphatic carbocycles. The summed E-state index contributed by atoms with van der Waals surface area (Å²) in [5.41, 5.74) is 13.0. The topological polar surface area (TPSA) is 20.6 Å². The molecule has 5 aromatic rings. The molecule has 7 rings (SSSR count). The Hall–Kier alpha value is -3.38. The molecular weight excluding hydrogens is 541 g/mol. The van der Waals surface area contributed by atoms with Crippen LogP contribution in [0, 0.1) is 17.4 Å². The fourth-order valence-corrected chi connectivity index (χ4v) is 6.45. The van der Waals surface area contributed by atoms with Crippen molar-refractivity contribution in [2.24, 2.45) is 0 Å². The number of nitrogens with zero attached hydrogens (tertiary/aromatic N) is 3. The van der Waals surface area contributed by atoms with Gasteiger partial charge in [-0.25, -0.2) is 0 Å². The van der Waals surface area contributed by atoms with Crippen LogP contribution in [0.15, 0.2) is 97.6 Å². The highest BCUT2D eigenvalue weighted by Gasteiger charge is 2.52. The predicted octanol–water partition coefficient (Wildman–Crippen LogP) is 6.38. The van der Waals surface area contributed by atoms with Gasteiger partial charge in [0.15, 0.2) is 12.4 Å². The first-order valence-electron chi connectivity index (χ1n) is 12.0. The first kappa shape index (κ1) is 20.9. The van der Waals surface area contributed by atoms with Crippen LogP contribution in [-0.2, 0) is 0 Å². The fourth-order valence-electron chi connectivity index (χ4n) is 5.98. The third-order valence-corrected chi connectivity index (χ3v) is 8.75. The van der Waals surface area contributed by atoms with Gasteiger partial charge in [0.2, 0.25) is 17.4 Å². The zero-order valence-electron chi connectivity index (χ0n) is 19.6. The number of pyridine rings is 3. The van der Waals surface area contributed by atoms with E-state index in [0.29, 0.717) is 0 Å². The molecule has 5 heterocycles. The Balaban J connectivity index is 1.61. The van der Waals surface area contributed by atoms with Gasteiger partial charge in [0, 0.05) is 50.9 Å². The highest BCUT2D eigenvalue weighted by molar-refractivity contribution is 14.1. The zero-order valence-corrected chi connectivity index (χ0v) is 21.8. The quantitative estimate of drug-likeness (QED) is 0.171. The van der Waals surface area contributed by atoms with E-state index in [0.717, 1.165) is 0 Å². The van der Waals surface area contributed by atoms with Gasteiger partial charge in [-0.1, -0.05) is 18.2 Å². The monoisotopic (exact) mass is 565 g/mol. The van der Waals surface area contributed by atoms with Crippen molar-refractivity contribution in [3.05, 3.63) is 123 Å². The minimum Gasteiger partial charge on any atom is -0.265 e. The Morgan fingerprint density at radius 1 is 0.686 bits per heavy atom. The van der Waals surface area contributed by atoms with Crippen LogP contribution in [0.1, 0.15) is 34.3 Å². The van der Waals surface area contributed by atoms with Gasteiger partial charge in [0.1, 0.15) is 0 Å². The van der Waals surface area contributed by atoms with Crippen molar-refractivity contribution >= 4 is 22.6 Å². The summed E-state index contributed by atoms with van der Waals surface area (Å²) in [6.45, 7) is 4.45. The summed E-state index contributed by atoms with van der Waals surface area (Å²) >= 11 is 2.48. The van der Waals surface area contributed by atoms with Gasteiger partial charge < -0.3 is 0 Å². The molecule has 0 amide bonds. The summed E-state index contributed by atoms with van der Waals surface area (Å²) in [5.74, 6) is 0. The molecule has 0 fully saturated rings. The predicted molar refractivity (Wildman–Crippen MR) is 146 cm³/mol. The summed E-state index contributed by atoms with van der Waals surface area (Å²) in [6, 6.07) is 27.2. The molecule has 168 valence electrons. The smallest absolute Gasteiger partial charge is 0.250 e. The molecular formula is C31H24IN3+2. The lowest BCUT2D eigenvalue weighted by molar-refractivity contribution is -0.799. The molecule has 2 atom stereocenters. The summed E-state index contributed by atoms with van der Waals surface area (Å²) in [6.07, 6.45) is 8.39. The molecule has 2 aromatic carbocycles. The van der Waals surface area contributed by atoms with Crippen LogP contribution < -0.4 is 9.13 Å². The lowest BCUT2D eigenvalue weighted by Crippen LogP contribution is -2.59. The van der Waals surface area contributed by atoms with Gasteiger partial charge in [-0.05, 0) is 89.5 Å². The maximum atomic E-state index is 4.25. The lowest BCUT2D eigenvalue weighted by atomic mass is 9.79. The summed E-state index contributed by atoms with van der Waals surface area (Å²) in [5, 5.41) is 0. The lowest BCUT2D eigenvalue weighted by Gasteiger charge is -2.32. The molecule has 2 unspecified atom stereocenters. The molecule has 3 aromatic heterocycles. The number of aryl methyl sites for hydroxylation is 2. The van der Waals surface area contributed by atoms with Crippen LogP contribution in [0.2, 0.25) is 0 Å². The highest BCUT2D eigenvalue weighted by Crippen LogP contribution is 2.46. The average molecular weight is 565 g/mol. The van der Waals surface area contributed by atoms with Crippen molar-refractivity contribution in [1.82, 2.24) is 4.98 Å². The van der Waals surface area contributed by atoms with E-state index in [1.165, 1.54) is 59.5 Å². The molecule has 2 aliphatic heterocycles. The molecule has 0 N–H and O–H groups in total. The molecule has 4 heteroatoms. The number of aromatic nitrogens is 3. The van der Waals surface area contributed by atoms with Gasteiger partial charge in [-0.2, -0.15) is 9.13 Å². The molecule has 2 aliphatic rings. The van der Waals surface area contributed by atoms with Crippen LogP contribution in [-0.4, -0.2) is 4.98 Å². The molecule has 0 spiro atoms. The second kappa shape index (κ2) is 7.82. The number of hydrogen-bond acceptors (Lipinski definition) is 1. The van der Waals surface area contributed by atoms with Crippen molar-refractivity contribution < 1.29 is 9.13 Å². The van der Waals surface area contributed by atoms with Crippen LogP contribution in [0.4, 0.5) is 0 Å². The van der Waals surface area contributed by atoms with Crippen molar-refractivity contribution in [2.45, 2.75) is 25.9 Å². The van der Waals surface area contributed by atoms with E-state index in [-0.39, 0.29) is 12.1 Å². The van der Waals surface area contributed by atoms with Gasteiger partial charge >= 0.3 is 0 Å². The first-order valence-corrected chi connectivity index (χ1v) is 13.1. The second-order valence-corrected chi connectivity index (χ2v) is 10.7. The number of halogens is 1. The average Bonchev–Trinajstić information content (AvgIpc) is 2.89. The number of fused-ring (bicyclic) bond motifs is 11. The van der Waals surface area contributed by atoms with Gasteiger partial charge in [-0.3, -0.25) is 4.98 Å². The Kier molecular flexibility index (Phi) is 4.68. The largest absolute Gasteiger partial charge is 0.265 e. The highest BCUT2D eigenvalue weighted by atomic mass is 127.